The van der Waals surface area contributed by atoms with Gasteiger partial charge in [0.1, 0.15) is 0 Å². The minimum atomic E-state index is 0.0887. The van der Waals surface area contributed by atoms with E-state index in [1.54, 1.807) is 0 Å². The highest BCUT2D eigenvalue weighted by atomic mass is 32.2. The van der Waals surface area contributed by atoms with Crippen molar-refractivity contribution in [2.24, 2.45) is 0 Å². The Bertz CT molecular complexity index is 213. The van der Waals surface area contributed by atoms with Gasteiger partial charge in [-0.2, -0.15) is 11.8 Å². The van der Waals surface area contributed by atoms with E-state index in [1.165, 1.54) is 12.2 Å². The van der Waals surface area contributed by atoms with E-state index in [1.807, 2.05) is 16.7 Å². The molecular weight excluding hydrogens is 212 g/mol. The molecule has 2 aliphatic heterocycles. The van der Waals surface area contributed by atoms with Crippen LogP contribution < -0.4 is 5.32 Å². The smallest absolute Gasteiger partial charge is 0.317 e. The second kappa shape index (κ2) is 5.61. The molecule has 0 radical (unpaired) electrons. The number of carbonyl (C=O) groups excluding carboxylic acids is 1. The minimum absolute atomic E-state index is 0.0887. The monoisotopic (exact) mass is 230 g/mol. The first-order valence-corrected chi connectivity index (χ1v) is 6.72. The molecule has 2 amide bonds. The summed E-state index contributed by atoms with van der Waals surface area (Å²) in [6.07, 6.45) is 2.35. The number of amides is 2. The van der Waals surface area contributed by atoms with Crippen molar-refractivity contribution in [1.82, 2.24) is 10.2 Å². The lowest BCUT2D eigenvalue weighted by Crippen LogP contribution is -2.50. The van der Waals surface area contributed by atoms with E-state index >= 15 is 0 Å². The van der Waals surface area contributed by atoms with Gasteiger partial charge in [0.15, 0.2) is 0 Å². The number of thioether (sulfide) groups is 1. The third-order valence-electron chi connectivity index (χ3n) is 2.79. The van der Waals surface area contributed by atoms with E-state index in [9.17, 15) is 4.79 Å². The van der Waals surface area contributed by atoms with Crippen LogP contribution in [-0.2, 0) is 4.74 Å². The van der Waals surface area contributed by atoms with Crippen molar-refractivity contribution in [2.75, 3.05) is 37.8 Å². The third-order valence-corrected chi connectivity index (χ3v) is 4.00. The molecule has 2 rings (SSSR count). The molecule has 0 aromatic heterocycles. The Hall–Kier alpha value is -0.420. The van der Waals surface area contributed by atoms with Gasteiger partial charge in [0, 0.05) is 24.9 Å². The van der Waals surface area contributed by atoms with E-state index in [0.717, 1.165) is 25.3 Å². The number of ether oxygens (including phenoxy) is 1. The molecule has 0 bridgehead atoms. The summed E-state index contributed by atoms with van der Waals surface area (Å²) >= 11 is 1.93. The predicted octanol–water partition coefficient (Wildman–Crippen LogP) is 0.924. The highest BCUT2D eigenvalue weighted by Gasteiger charge is 2.21. The van der Waals surface area contributed by atoms with Gasteiger partial charge in [-0.3, -0.25) is 0 Å². The zero-order chi connectivity index (χ0) is 10.5. The number of rotatable bonds is 1. The number of hydrogen-bond donors (Lipinski definition) is 1. The van der Waals surface area contributed by atoms with Crippen LogP contribution in [0.15, 0.2) is 0 Å². The van der Waals surface area contributed by atoms with Gasteiger partial charge in [-0.05, 0) is 18.6 Å². The SMILES string of the molecule is O=C(NC1CCCSC1)N1CCOCC1. The first-order chi connectivity index (χ1) is 7.36. The second-order valence-corrected chi connectivity index (χ2v) is 5.11. The van der Waals surface area contributed by atoms with Crippen LogP contribution >= 0.6 is 11.8 Å². The normalized spacial score (nSPS) is 27.5. The fourth-order valence-corrected chi connectivity index (χ4v) is 2.96. The molecule has 1 atom stereocenters. The Balaban J connectivity index is 1.74. The Morgan fingerprint density at radius 1 is 1.40 bits per heavy atom. The zero-order valence-electron chi connectivity index (χ0n) is 8.91. The molecule has 1 N–H and O–H groups in total. The van der Waals surface area contributed by atoms with Crippen molar-refractivity contribution < 1.29 is 9.53 Å². The second-order valence-electron chi connectivity index (χ2n) is 3.96. The van der Waals surface area contributed by atoms with Gasteiger partial charge in [-0.25, -0.2) is 4.79 Å². The van der Waals surface area contributed by atoms with Crippen molar-refractivity contribution >= 4 is 17.8 Å². The molecule has 2 saturated heterocycles. The first-order valence-electron chi connectivity index (χ1n) is 5.57. The lowest BCUT2D eigenvalue weighted by molar-refractivity contribution is 0.0526. The van der Waals surface area contributed by atoms with Crippen LogP contribution in [0.3, 0.4) is 0 Å². The van der Waals surface area contributed by atoms with E-state index in [2.05, 4.69) is 5.32 Å². The van der Waals surface area contributed by atoms with Gasteiger partial charge >= 0.3 is 6.03 Å². The van der Waals surface area contributed by atoms with E-state index in [4.69, 9.17) is 4.74 Å². The van der Waals surface area contributed by atoms with Crippen molar-refractivity contribution in [2.45, 2.75) is 18.9 Å². The summed E-state index contributed by atoms with van der Waals surface area (Å²) in [6, 6.07) is 0.463. The molecule has 0 aromatic carbocycles. The number of hydrogen-bond acceptors (Lipinski definition) is 3. The predicted molar refractivity (Wildman–Crippen MR) is 61.3 cm³/mol. The molecule has 5 heteroatoms. The van der Waals surface area contributed by atoms with Gasteiger partial charge in [0.25, 0.3) is 0 Å². The Morgan fingerprint density at radius 3 is 2.87 bits per heavy atom. The molecule has 2 heterocycles. The summed E-state index contributed by atoms with van der Waals surface area (Å²) in [5.41, 5.74) is 0. The molecular formula is C10H18N2O2S. The lowest BCUT2D eigenvalue weighted by atomic mass is 10.2. The molecule has 86 valence electrons. The van der Waals surface area contributed by atoms with Gasteiger partial charge in [-0.15, -0.1) is 0 Å². The van der Waals surface area contributed by atoms with Gasteiger partial charge in [0.2, 0.25) is 0 Å². The maximum Gasteiger partial charge on any atom is 0.317 e. The van der Waals surface area contributed by atoms with Crippen LogP contribution in [0, 0.1) is 0 Å². The van der Waals surface area contributed by atoms with Gasteiger partial charge in [-0.1, -0.05) is 0 Å². The number of morpholine rings is 1. The molecule has 2 fully saturated rings. The fraction of sp³-hybridized carbons (Fsp3) is 0.900. The molecule has 0 spiro atoms. The maximum atomic E-state index is 11.8. The summed E-state index contributed by atoms with van der Waals surface area (Å²) in [5, 5.41) is 3.10. The molecule has 15 heavy (non-hydrogen) atoms. The van der Waals surface area contributed by atoms with Crippen molar-refractivity contribution in [3.8, 4) is 0 Å². The van der Waals surface area contributed by atoms with Crippen LogP contribution in [0.5, 0.6) is 0 Å². The summed E-state index contributed by atoms with van der Waals surface area (Å²) in [7, 11) is 0. The zero-order valence-corrected chi connectivity index (χ0v) is 9.72. The van der Waals surface area contributed by atoms with Gasteiger partial charge in [0.05, 0.1) is 13.2 Å². The van der Waals surface area contributed by atoms with Crippen molar-refractivity contribution in [1.29, 1.82) is 0 Å². The van der Waals surface area contributed by atoms with E-state index in [0.29, 0.717) is 19.3 Å². The Labute approximate surface area is 94.7 Å². The van der Waals surface area contributed by atoms with Crippen LogP contribution in [0.2, 0.25) is 0 Å². The Morgan fingerprint density at radius 2 is 2.20 bits per heavy atom. The largest absolute Gasteiger partial charge is 0.378 e. The van der Waals surface area contributed by atoms with Crippen molar-refractivity contribution in [3.05, 3.63) is 0 Å². The Kier molecular flexibility index (Phi) is 4.14. The number of urea groups is 1. The molecule has 1 unspecified atom stereocenters. The maximum absolute atomic E-state index is 11.8. The average Bonchev–Trinajstić information content (AvgIpc) is 2.31. The fourth-order valence-electron chi connectivity index (χ4n) is 1.89. The van der Waals surface area contributed by atoms with E-state index in [-0.39, 0.29) is 6.03 Å². The van der Waals surface area contributed by atoms with Gasteiger partial charge < -0.3 is 15.0 Å². The quantitative estimate of drug-likeness (QED) is 0.728. The highest BCUT2D eigenvalue weighted by Crippen LogP contribution is 2.17. The average molecular weight is 230 g/mol. The first kappa shape index (κ1) is 11.1. The number of nitrogens with one attached hydrogen (secondary N) is 1. The lowest BCUT2D eigenvalue weighted by Gasteiger charge is -2.30. The summed E-state index contributed by atoms with van der Waals surface area (Å²) < 4.78 is 5.21. The van der Waals surface area contributed by atoms with Crippen LogP contribution in [0.1, 0.15) is 12.8 Å². The molecule has 0 aliphatic carbocycles. The molecule has 4 nitrogen and oxygen atoms in total. The van der Waals surface area contributed by atoms with Crippen LogP contribution in [-0.4, -0.2) is 54.8 Å². The minimum Gasteiger partial charge on any atom is -0.378 e. The summed E-state index contributed by atoms with van der Waals surface area (Å²) in [6.45, 7) is 2.80. The van der Waals surface area contributed by atoms with E-state index < -0.39 is 0 Å². The summed E-state index contributed by atoms with van der Waals surface area (Å²) in [5.74, 6) is 2.31. The van der Waals surface area contributed by atoms with Crippen molar-refractivity contribution in [3.63, 3.8) is 0 Å². The van der Waals surface area contributed by atoms with Crippen LogP contribution in [0.25, 0.3) is 0 Å². The summed E-state index contributed by atoms with van der Waals surface area (Å²) in [4.78, 5) is 13.7. The molecule has 0 saturated carbocycles. The highest BCUT2D eigenvalue weighted by molar-refractivity contribution is 7.99. The number of nitrogens with zero attached hydrogens (tertiary/aromatic N) is 1. The van der Waals surface area contributed by atoms with Crippen LogP contribution in [0.4, 0.5) is 4.79 Å². The molecule has 2 aliphatic rings. The number of carbonyl (C=O) groups is 1. The topological polar surface area (TPSA) is 41.6 Å². The standard InChI is InChI=1S/C10H18N2O2S/c13-10(12-3-5-14-6-4-12)11-9-2-1-7-15-8-9/h9H,1-8H2,(H,11,13). The third kappa shape index (κ3) is 3.28. The molecule has 0 aromatic rings.